The van der Waals surface area contributed by atoms with Gasteiger partial charge >= 0.3 is 0 Å². The third-order valence-electron chi connectivity index (χ3n) is 4.02. The molecule has 2 aromatic heterocycles. The first-order valence-corrected chi connectivity index (χ1v) is 7.87. The maximum absolute atomic E-state index is 12.0. The second-order valence-corrected chi connectivity index (χ2v) is 6.21. The normalized spacial score (nSPS) is 16.4. The summed E-state index contributed by atoms with van der Waals surface area (Å²) in [6.07, 6.45) is 3.82. The number of hydrogen-bond donors (Lipinski definition) is 0. The second kappa shape index (κ2) is 4.97. The fourth-order valence-corrected chi connectivity index (χ4v) is 4.08. The Hall–Kier alpha value is -1.35. The van der Waals surface area contributed by atoms with Gasteiger partial charge in [-0.3, -0.25) is 4.79 Å². The molecule has 3 rings (SSSR count). The molecule has 1 aliphatic carbocycles. The summed E-state index contributed by atoms with van der Waals surface area (Å²) in [6, 6.07) is 6.79. The van der Waals surface area contributed by atoms with Gasteiger partial charge in [-0.15, -0.1) is 11.3 Å². The van der Waals surface area contributed by atoms with Gasteiger partial charge in [-0.25, -0.2) is 0 Å². The first-order valence-electron chi connectivity index (χ1n) is 6.99. The summed E-state index contributed by atoms with van der Waals surface area (Å²) >= 11 is 1.81. The Kier molecular flexibility index (Phi) is 3.31. The summed E-state index contributed by atoms with van der Waals surface area (Å²) in [4.78, 5) is 13.4. The van der Waals surface area contributed by atoms with Crippen molar-refractivity contribution in [2.75, 3.05) is 0 Å². The van der Waals surface area contributed by atoms with Crippen molar-refractivity contribution in [3.8, 4) is 0 Å². The first-order chi connectivity index (χ1) is 9.22. The van der Waals surface area contributed by atoms with Crippen LogP contribution in [0, 0.1) is 6.92 Å². The zero-order valence-electron chi connectivity index (χ0n) is 11.5. The highest BCUT2D eigenvalue weighted by molar-refractivity contribution is 7.10. The molecule has 2 aromatic rings. The number of ketones is 1. The number of thiophene rings is 1. The molecule has 2 nitrogen and oxygen atoms in total. The van der Waals surface area contributed by atoms with E-state index < -0.39 is 0 Å². The van der Waals surface area contributed by atoms with Gasteiger partial charge in [-0.05, 0) is 43.7 Å². The number of aryl methyl sites for hydroxylation is 1. The maximum atomic E-state index is 12.0. The van der Waals surface area contributed by atoms with Crippen LogP contribution in [0.4, 0.5) is 0 Å². The van der Waals surface area contributed by atoms with Gasteiger partial charge in [0.25, 0.3) is 0 Å². The molecule has 0 aromatic carbocycles. The van der Waals surface area contributed by atoms with Gasteiger partial charge in [-0.1, -0.05) is 13.0 Å². The molecule has 0 radical (unpaired) electrons. The molecule has 0 N–H and O–H groups in total. The van der Waals surface area contributed by atoms with E-state index in [9.17, 15) is 4.79 Å². The smallest absolute Gasteiger partial charge is 0.164 e. The van der Waals surface area contributed by atoms with E-state index in [1.165, 1.54) is 16.3 Å². The SMILES string of the molecule is CCC(c1cccs1)n1c(C)cc2c1CCCC2=O. The van der Waals surface area contributed by atoms with E-state index in [2.05, 4.69) is 42.0 Å². The summed E-state index contributed by atoms with van der Waals surface area (Å²) < 4.78 is 2.40. The van der Waals surface area contributed by atoms with Crippen LogP contribution in [0.5, 0.6) is 0 Å². The zero-order valence-corrected chi connectivity index (χ0v) is 12.3. The van der Waals surface area contributed by atoms with E-state index in [-0.39, 0.29) is 0 Å². The molecule has 0 bridgehead atoms. The summed E-state index contributed by atoms with van der Waals surface area (Å²) in [5.74, 6) is 0.323. The number of fused-ring (bicyclic) bond motifs is 1. The van der Waals surface area contributed by atoms with Crippen molar-refractivity contribution >= 4 is 17.1 Å². The number of aromatic nitrogens is 1. The standard InChI is InChI=1S/C16H19NOS/c1-3-13(16-8-5-9-19-16)17-11(2)10-12-14(17)6-4-7-15(12)18/h5,8-10,13H,3-4,6-7H2,1-2H3. The van der Waals surface area contributed by atoms with Gasteiger partial charge in [0.05, 0.1) is 6.04 Å². The average Bonchev–Trinajstić information content (AvgIpc) is 3.01. The first kappa shape index (κ1) is 12.7. The van der Waals surface area contributed by atoms with E-state index in [1.807, 2.05) is 11.3 Å². The summed E-state index contributed by atoms with van der Waals surface area (Å²) in [6.45, 7) is 4.35. The molecular formula is C16H19NOS. The molecule has 0 amide bonds. The topological polar surface area (TPSA) is 22.0 Å². The minimum Gasteiger partial charge on any atom is -0.340 e. The van der Waals surface area contributed by atoms with Crippen molar-refractivity contribution in [1.29, 1.82) is 0 Å². The molecule has 0 aliphatic heterocycles. The predicted molar refractivity (Wildman–Crippen MR) is 79.2 cm³/mol. The Bertz CT molecular complexity index is 595. The van der Waals surface area contributed by atoms with Gasteiger partial charge in [0.1, 0.15) is 0 Å². The van der Waals surface area contributed by atoms with Crippen LogP contribution in [0.25, 0.3) is 0 Å². The number of nitrogens with zero attached hydrogens (tertiary/aromatic N) is 1. The van der Waals surface area contributed by atoms with Crippen LogP contribution in [0.2, 0.25) is 0 Å². The lowest BCUT2D eigenvalue weighted by Gasteiger charge is -2.23. The third-order valence-corrected chi connectivity index (χ3v) is 5.00. The maximum Gasteiger partial charge on any atom is 0.164 e. The minimum absolute atomic E-state index is 0.323. The molecule has 0 saturated heterocycles. The van der Waals surface area contributed by atoms with E-state index in [4.69, 9.17) is 0 Å². The molecule has 0 saturated carbocycles. The number of carbonyl (C=O) groups is 1. The Morgan fingerprint density at radius 3 is 2.95 bits per heavy atom. The molecule has 0 fully saturated rings. The van der Waals surface area contributed by atoms with Gasteiger partial charge in [0, 0.05) is 28.2 Å². The highest BCUT2D eigenvalue weighted by atomic mass is 32.1. The van der Waals surface area contributed by atoms with Crippen molar-refractivity contribution in [1.82, 2.24) is 4.57 Å². The van der Waals surface area contributed by atoms with Gasteiger partial charge < -0.3 is 4.57 Å². The van der Waals surface area contributed by atoms with Crippen LogP contribution in [0.15, 0.2) is 23.6 Å². The van der Waals surface area contributed by atoms with E-state index >= 15 is 0 Å². The Morgan fingerprint density at radius 1 is 1.42 bits per heavy atom. The van der Waals surface area contributed by atoms with E-state index in [0.717, 1.165) is 24.8 Å². The largest absolute Gasteiger partial charge is 0.340 e. The summed E-state index contributed by atoms with van der Waals surface area (Å²) in [5.41, 5.74) is 3.45. The lowest BCUT2D eigenvalue weighted by Crippen LogP contribution is -2.17. The molecule has 1 aliphatic rings. The lowest BCUT2D eigenvalue weighted by molar-refractivity contribution is 0.0971. The predicted octanol–water partition coefficient (Wildman–Crippen LogP) is 4.38. The van der Waals surface area contributed by atoms with E-state index in [1.54, 1.807) is 0 Å². The average molecular weight is 273 g/mol. The number of carbonyl (C=O) groups excluding carboxylic acids is 1. The molecule has 2 heterocycles. The monoisotopic (exact) mass is 273 g/mol. The van der Waals surface area contributed by atoms with Crippen LogP contribution in [0.1, 0.15) is 58.9 Å². The minimum atomic E-state index is 0.323. The van der Waals surface area contributed by atoms with Crippen molar-refractivity contribution in [3.05, 3.63) is 45.4 Å². The Morgan fingerprint density at radius 2 is 2.26 bits per heavy atom. The number of rotatable bonds is 3. The Labute approximate surface area is 118 Å². The summed E-state index contributed by atoms with van der Waals surface area (Å²) in [7, 11) is 0. The van der Waals surface area contributed by atoms with E-state index in [0.29, 0.717) is 18.2 Å². The van der Waals surface area contributed by atoms with Crippen LogP contribution >= 0.6 is 11.3 Å². The fraction of sp³-hybridized carbons (Fsp3) is 0.438. The van der Waals surface area contributed by atoms with Gasteiger partial charge in [0.15, 0.2) is 5.78 Å². The Balaban J connectivity index is 2.12. The molecule has 0 spiro atoms. The number of Topliss-reactive ketones (excluding diaryl/α,β-unsaturated/α-hetero) is 1. The van der Waals surface area contributed by atoms with Crippen molar-refractivity contribution < 1.29 is 4.79 Å². The highest BCUT2D eigenvalue weighted by Gasteiger charge is 2.26. The molecule has 100 valence electrons. The molecule has 1 atom stereocenters. The molecule has 1 unspecified atom stereocenters. The van der Waals surface area contributed by atoms with Crippen LogP contribution in [-0.2, 0) is 6.42 Å². The second-order valence-electron chi connectivity index (χ2n) is 5.23. The molecular weight excluding hydrogens is 254 g/mol. The third kappa shape index (κ3) is 2.06. The van der Waals surface area contributed by atoms with Crippen LogP contribution < -0.4 is 0 Å². The fourth-order valence-electron chi connectivity index (χ4n) is 3.18. The van der Waals surface area contributed by atoms with Gasteiger partial charge in [0.2, 0.25) is 0 Å². The number of hydrogen-bond acceptors (Lipinski definition) is 2. The highest BCUT2D eigenvalue weighted by Crippen LogP contribution is 2.34. The quantitative estimate of drug-likeness (QED) is 0.813. The van der Waals surface area contributed by atoms with Crippen molar-refractivity contribution in [2.24, 2.45) is 0 Å². The van der Waals surface area contributed by atoms with Crippen molar-refractivity contribution in [2.45, 2.75) is 45.6 Å². The molecule has 19 heavy (non-hydrogen) atoms. The molecule has 3 heteroatoms. The van der Waals surface area contributed by atoms with Crippen LogP contribution in [-0.4, -0.2) is 10.4 Å². The van der Waals surface area contributed by atoms with Gasteiger partial charge in [-0.2, -0.15) is 0 Å². The summed E-state index contributed by atoms with van der Waals surface area (Å²) in [5, 5.41) is 2.13. The zero-order chi connectivity index (χ0) is 13.4. The lowest BCUT2D eigenvalue weighted by atomic mass is 9.96. The van der Waals surface area contributed by atoms with Crippen molar-refractivity contribution in [3.63, 3.8) is 0 Å². The van der Waals surface area contributed by atoms with Crippen LogP contribution in [0.3, 0.4) is 0 Å².